The number of imide groups is 1. The molecule has 1 aliphatic heterocycles. The molecule has 0 unspecified atom stereocenters. The van der Waals surface area contributed by atoms with Gasteiger partial charge in [-0.15, -0.1) is 0 Å². The summed E-state index contributed by atoms with van der Waals surface area (Å²) in [5.74, 6) is -0.943. The number of carbonyl (C=O) groups excluding carboxylic acids is 3. The molecular formula is C25H16Br3FN2O4S. The van der Waals surface area contributed by atoms with Crippen molar-refractivity contribution in [1.82, 2.24) is 4.90 Å². The van der Waals surface area contributed by atoms with Crippen molar-refractivity contribution in [2.24, 2.45) is 0 Å². The number of para-hydroxylation sites is 1. The Balaban J connectivity index is 1.45. The lowest BCUT2D eigenvalue weighted by Gasteiger charge is -2.13. The number of nitrogens with one attached hydrogen (secondary N) is 1. The van der Waals surface area contributed by atoms with Crippen molar-refractivity contribution < 1.29 is 23.5 Å². The Labute approximate surface area is 235 Å². The van der Waals surface area contributed by atoms with Crippen LogP contribution in [0.1, 0.15) is 11.1 Å². The fourth-order valence-electron chi connectivity index (χ4n) is 3.25. The van der Waals surface area contributed by atoms with E-state index in [4.69, 9.17) is 4.74 Å². The molecule has 0 aliphatic carbocycles. The van der Waals surface area contributed by atoms with E-state index in [0.717, 1.165) is 16.7 Å². The number of hydrogen-bond donors (Lipinski definition) is 1. The Morgan fingerprint density at radius 1 is 1.00 bits per heavy atom. The Bertz CT molecular complexity index is 1380. The number of carbonyl (C=O) groups is 3. The second-order valence-electron chi connectivity index (χ2n) is 7.49. The van der Waals surface area contributed by atoms with Crippen LogP contribution in [0.3, 0.4) is 0 Å². The molecule has 36 heavy (non-hydrogen) atoms. The number of amides is 3. The Kier molecular flexibility index (Phi) is 8.66. The lowest BCUT2D eigenvalue weighted by atomic mass is 10.2. The van der Waals surface area contributed by atoms with Crippen LogP contribution in [0.5, 0.6) is 5.75 Å². The van der Waals surface area contributed by atoms with Crippen LogP contribution in [0, 0.1) is 5.82 Å². The number of ether oxygens (including phenoxy) is 1. The molecule has 3 aromatic carbocycles. The van der Waals surface area contributed by atoms with Crippen LogP contribution >= 0.6 is 59.6 Å². The van der Waals surface area contributed by atoms with Crippen molar-refractivity contribution >= 4 is 88.4 Å². The third-order valence-corrected chi connectivity index (χ3v) is 7.75. The highest BCUT2D eigenvalue weighted by molar-refractivity contribution is 9.11. The van der Waals surface area contributed by atoms with Crippen LogP contribution in [-0.2, 0) is 16.2 Å². The Morgan fingerprint density at radius 3 is 2.36 bits per heavy atom. The van der Waals surface area contributed by atoms with Crippen molar-refractivity contribution in [3.05, 3.63) is 95.9 Å². The normalized spacial score (nSPS) is 14.4. The SMILES string of the molecule is O=C(CN1C(=O)S/C(=C/c2cc(Br)c(OCc3ccccc3F)c(Br)c2)C1=O)Nc1ccccc1Br. The number of rotatable bonds is 7. The predicted molar refractivity (Wildman–Crippen MR) is 148 cm³/mol. The van der Waals surface area contributed by atoms with Gasteiger partial charge in [0.2, 0.25) is 5.91 Å². The second-order valence-corrected chi connectivity index (χ2v) is 11.0. The second kappa shape index (κ2) is 11.7. The molecule has 1 aliphatic rings. The van der Waals surface area contributed by atoms with Crippen LogP contribution in [0.4, 0.5) is 14.9 Å². The molecule has 0 saturated carbocycles. The summed E-state index contributed by atoms with van der Waals surface area (Å²) in [6, 6.07) is 16.8. The summed E-state index contributed by atoms with van der Waals surface area (Å²) in [5.41, 5.74) is 1.57. The Morgan fingerprint density at radius 2 is 1.67 bits per heavy atom. The summed E-state index contributed by atoms with van der Waals surface area (Å²) in [6.07, 6.45) is 1.56. The summed E-state index contributed by atoms with van der Waals surface area (Å²) < 4.78 is 21.5. The molecule has 1 fully saturated rings. The number of hydrogen-bond acceptors (Lipinski definition) is 5. The average molecular weight is 699 g/mol. The van der Waals surface area contributed by atoms with Crippen LogP contribution in [0.15, 0.2) is 79.0 Å². The van der Waals surface area contributed by atoms with Crippen molar-refractivity contribution in [3.8, 4) is 5.75 Å². The van der Waals surface area contributed by atoms with Crippen LogP contribution in [0.25, 0.3) is 6.08 Å². The molecule has 3 amide bonds. The van der Waals surface area contributed by atoms with E-state index in [1.165, 1.54) is 6.07 Å². The minimum atomic E-state index is -0.556. The Hall–Kier alpha value is -2.47. The number of thioether (sulfide) groups is 1. The van der Waals surface area contributed by atoms with E-state index < -0.39 is 23.6 Å². The molecule has 0 radical (unpaired) electrons. The molecule has 1 saturated heterocycles. The zero-order chi connectivity index (χ0) is 25.8. The third kappa shape index (κ3) is 6.26. The van der Waals surface area contributed by atoms with Crippen molar-refractivity contribution in [1.29, 1.82) is 0 Å². The maximum absolute atomic E-state index is 13.9. The summed E-state index contributed by atoms with van der Waals surface area (Å²) in [6.45, 7) is -0.372. The fourth-order valence-corrected chi connectivity index (χ4v) is 5.92. The van der Waals surface area contributed by atoms with Crippen molar-refractivity contribution in [2.45, 2.75) is 6.61 Å². The molecule has 3 aromatic rings. The van der Waals surface area contributed by atoms with Crippen molar-refractivity contribution in [2.75, 3.05) is 11.9 Å². The molecule has 0 bridgehead atoms. The van der Waals surface area contributed by atoms with Gasteiger partial charge in [-0.1, -0.05) is 30.3 Å². The first-order valence-electron chi connectivity index (χ1n) is 10.4. The van der Waals surface area contributed by atoms with E-state index in [1.54, 1.807) is 60.7 Å². The summed E-state index contributed by atoms with van der Waals surface area (Å²) >= 11 is 11.0. The van der Waals surface area contributed by atoms with Gasteiger partial charge in [-0.05, 0) is 102 Å². The highest BCUT2D eigenvalue weighted by Gasteiger charge is 2.36. The topological polar surface area (TPSA) is 75.7 Å². The van der Waals surface area contributed by atoms with Crippen LogP contribution < -0.4 is 10.1 Å². The predicted octanol–water partition coefficient (Wildman–Crippen LogP) is 7.37. The minimum Gasteiger partial charge on any atom is -0.486 e. The summed E-state index contributed by atoms with van der Waals surface area (Å²) in [7, 11) is 0. The molecule has 0 spiro atoms. The van der Waals surface area contributed by atoms with E-state index in [1.807, 2.05) is 0 Å². The van der Waals surface area contributed by atoms with Gasteiger partial charge >= 0.3 is 0 Å². The van der Waals surface area contributed by atoms with Gasteiger partial charge < -0.3 is 10.1 Å². The van der Waals surface area contributed by atoms with Gasteiger partial charge in [0.25, 0.3) is 11.1 Å². The van der Waals surface area contributed by atoms with Gasteiger partial charge in [0.1, 0.15) is 24.7 Å². The number of nitrogens with zero attached hydrogens (tertiary/aromatic N) is 1. The largest absolute Gasteiger partial charge is 0.486 e. The molecule has 11 heteroatoms. The van der Waals surface area contributed by atoms with Gasteiger partial charge in [0, 0.05) is 10.0 Å². The average Bonchev–Trinajstić information content (AvgIpc) is 3.08. The van der Waals surface area contributed by atoms with Gasteiger partial charge in [-0.3, -0.25) is 19.3 Å². The first-order valence-corrected chi connectivity index (χ1v) is 13.6. The van der Waals surface area contributed by atoms with Crippen molar-refractivity contribution in [3.63, 3.8) is 0 Å². The highest BCUT2D eigenvalue weighted by atomic mass is 79.9. The van der Waals surface area contributed by atoms with E-state index in [2.05, 4.69) is 53.1 Å². The smallest absolute Gasteiger partial charge is 0.294 e. The van der Waals surface area contributed by atoms with E-state index >= 15 is 0 Å². The number of anilines is 1. The lowest BCUT2D eigenvalue weighted by molar-refractivity contribution is -0.127. The number of halogens is 4. The fraction of sp³-hybridized carbons (Fsp3) is 0.0800. The third-order valence-electron chi connectivity index (χ3n) is 4.97. The minimum absolute atomic E-state index is 0.0315. The molecular weight excluding hydrogens is 683 g/mol. The zero-order valence-corrected chi connectivity index (χ0v) is 23.8. The quantitative estimate of drug-likeness (QED) is 0.261. The first kappa shape index (κ1) is 26.6. The van der Waals surface area contributed by atoms with Gasteiger partial charge in [0.05, 0.1) is 19.5 Å². The molecule has 1 N–H and O–H groups in total. The zero-order valence-electron chi connectivity index (χ0n) is 18.3. The van der Waals surface area contributed by atoms with Crippen LogP contribution in [-0.4, -0.2) is 28.5 Å². The standard InChI is InChI=1S/C25H16Br3FN2O4S/c26-16-6-2-4-8-20(16)30-22(32)12-31-24(33)21(36-25(31)34)11-14-9-17(27)23(18(28)10-14)35-13-15-5-1-3-7-19(15)29/h1-11H,12-13H2,(H,30,32)/b21-11+. The molecule has 1 heterocycles. The van der Waals surface area contributed by atoms with Gasteiger partial charge in [0.15, 0.2) is 0 Å². The van der Waals surface area contributed by atoms with Crippen LogP contribution in [0.2, 0.25) is 0 Å². The molecule has 184 valence electrons. The maximum Gasteiger partial charge on any atom is 0.294 e. The summed E-state index contributed by atoms with van der Waals surface area (Å²) in [5, 5.41) is 2.15. The maximum atomic E-state index is 13.9. The highest BCUT2D eigenvalue weighted by Crippen LogP contribution is 2.38. The molecule has 0 aromatic heterocycles. The van der Waals surface area contributed by atoms with E-state index in [0.29, 0.717) is 36.0 Å². The molecule has 6 nitrogen and oxygen atoms in total. The summed E-state index contributed by atoms with van der Waals surface area (Å²) in [4.78, 5) is 38.8. The monoisotopic (exact) mass is 696 g/mol. The van der Waals surface area contributed by atoms with Gasteiger partial charge in [-0.25, -0.2) is 4.39 Å². The number of benzene rings is 3. The van der Waals surface area contributed by atoms with Gasteiger partial charge in [-0.2, -0.15) is 0 Å². The lowest BCUT2D eigenvalue weighted by Crippen LogP contribution is -2.36. The first-order chi connectivity index (χ1) is 17.2. The molecule has 0 atom stereocenters. The van der Waals surface area contributed by atoms with E-state index in [9.17, 15) is 18.8 Å². The van der Waals surface area contributed by atoms with E-state index in [-0.39, 0.29) is 17.3 Å². The molecule has 4 rings (SSSR count).